The Kier molecular flexibility index (Phi) is 5.32. The summed E-state index contributed by atoms with van der Waals surface area (Å²) >= 11 is 6.14. The number of benzene rings is 1. The van der Waals surface area contributed by atoms with Gasteiger partial charge in [0.2, 0.25) is 5.88 Å². The minimum absolute atomic E-state index is 0.282. The number of hydrazine groups is 1. The molecule has 0 aliphatic rings. The largest absolute Gasteiger partial charge is 0.437 e. The van der Waals surface area contributed by atoms with Gasteiger partial charge in [0.1, 0.15) is 18.2 Å². The normalized spacial score (nSPS) is 10.5. The number of hydrogen-bond donors (Lipinski definition) is 2. The molecule has 0 atom stereocenters. The van der Waals surface area contributed by atoms with Crippen molar-refractivity contribution in [1.29, 1.82) is 0 Å². The number of nitrogens with zero attached hydrogens (tertiary/aromatic N) is 2. The maximum absolute atomic E-state index is 6.14. The van der Waals surface area contributed by atoms with Crippen LogP contribution in [0.3, 0.4) is 0 Å². The molecule has 7 heteroatoms. The van der Waals surface area contributed by atoms with E-state index in [-0.39, 0.29) is 6.61 Å². The molecule has 6 nitrogen and oxygen atoms in total. The number of nitrogen functional groups attached to an aromatic ring is 1. The zero-order valence-electron chi connectivity index (χ0n) is 11.9. The zero-order chi connectivity index (χ0) is 15.2. The Hall–Kier alpha value is -1.89. The third-order valence-electron chi connectivity index (χ3n) is 2.63. The SMILES string of the molecule is CCOCc1nc(NN)cc(Oc2ccc(C)cc2Cl)n1. The summed E-state index contributed by atoms with van der Waals surface area (Å²) < 4.78 is 11.0. The summed E-state index contributed by atoms with van der Waals surface area (Å²) in [7, 11) is 0. The Labute approximate surface area is 128 Å². The summed E-state index contributed by atoms with van der Waals surface area (Å²) in [6.07, 6.45) is 0. The first-order chi connectivity index (χ1) is 10.1. The van der Waals surface area contributed by atoms with E-state index in [1.54, 1.807) is 12.1 Å². The summed E-state index contributed by atoms with van der Waals surface area (Å²) in [5.74, 6) is 7.18. The molecule has 21 heavy (non-hydrogen) atoms. The number of halogens is 1. The molecule has 0 aliphatic heterocycles. The Bertz CT molecular complexity index is 622. The summed E-state index contributed by atoms with van der Waals surface area (Å²) in [5.41, 5.74) is 3.53. The quantitative estimate of drug-likeness (QED) is 0.630. The fourth-order valence-electron chi connectivity index (χ4n) is 1.66. The number of nitrogens with one attached hydrogen (secondary N) is 1. The highest BCUT2D eigenvalue weighted by atomic mass is 35.5. The molecular weight excluding hydrogens is 292 g/mol. The summed E-state index contributed by atoms with van der Waals surface area (Å²) in [4.78, 5) is 8.45. The van der Waals surface area contributed by atoms with Gasteiger partial charge >= 0.3 is 0 Å². The lowest BCUT2D eigenvalue weighted by atomic mass is 10.2. The van der Waals surface area contributed by atoms with Crippen LogP contribution in [-0.2, 0) is 11.3 Å². The van der Waals surface area contributed by atoms with Crippen LogP contribution in [0.2, 0.25) is 5.02 Å². The van der Waals surface area contributed by atoms with Crippen LogP contribution in [0.4, 0.5) is 5.82 Å². The lowest BCUT2D eigenvalue weighted by Gasteiger charge is -2.10. The molecule has 0 radical (unpaired) electrons. The summed E-state index contributed by atoms with van der Waals surface area (Å²) in [5, 5.41) is 0.516. The van der Waals surface area contributed by atoms with E-state index in [0.717, 1.165) is 5.56 Å². The van der Waals surface area contributed by atoms with Gasteiger partial charge < -0.3 is 14.9 Å². The average Bonchev–Trinajstić information content (AvgIpc) is 2.48. The fraction of sp³-hybridized carbons (Fsp3) is 0.286. The number of nitrogens with two attached hydrogens (primary N) is 1. The summed E-state index contributed by atoms with van der Waals surface area (Å²) in [6.45, 7) is 4.71. The first-order valence-electron chi connectivity index (χ1n) is 6.48. The first kappa shape index (κ1) is 15.5. The second-order valence-electron chi connectivity index (χ2n) is 4.33. The van der Waals surface area contributed by atoms with Crippen molar-refractivity contribution in [3.63, 3.8) is 0 Å². The van der Waals surface area contributed by atoms with Crippen LogP contribution in [0.5, 0.6) is 11.6 Å². The number of aromatic nitrogens is 2. The molecule has 1 aromatic carbocycles. The van der Waals surface area contributed by atoms with Crippen LogP contribution >= 0.6 is 11.6 Å². The molecule has 0 aliphatic carbocycles. The van der Waals surface area contributed by atoms with Crippen molar-refractivity contribution in [2.24, 2.45) is 5.84 Å². The topological polar surface area (TPSA) is 82.3 Å². The van der Waals surface area contributed by atoms with Gasteiger partial charge in [0.25, 0.3) is 0 Å². The predicted molar refractivity (Wildman–Crippen MR) is 81.4 cm³/mol. The Balaban J connectivity index is 2.25. The molecule has 0 fully saturated rings. The van der Waals surface area contributed by atoms with Crippen molar-refractivity contribution >= 4 is 17.4 Å². The van der Waals surface area contributed by atoms with Crippen LogP contribution in [0, 0.1) is 6.92 Å². The molecule has 1 heterocycles. The van der Waals surface area contributed by atoms with Crippen LogP contribution in [0.15, 0.2) is 24.3 Å². The highest BCUT2D eigenvalue weighted by molar-refractivity contribution is 6.32. The number of anilines is 1. The van der Waals surface area contributed by atoms with Gasteiger partial charge in [0.15, 0.2) is 5.82 Å². The van der Waals surface area contributed by atoms with Crippen molar-refractivity contribution in [2.45, 2.75) is 20.5 Å². The van der Waals surface area contributed by atoms with E-state index in [1.807, 2.05) is 26.0 Å². The highest BCUT2D eigenvalue weighted by Crippen LogP contribution is 2.29. The molecule has 2 aromatic rings. The van der Waals surface area contributed by atoms with Gasteiger partial charge in [-0.1, -0.05) is 17.7 Å². The van der Waals surface area contributed by atoms with E-state index < -0.39 is 0 Å². The molecule has 1 aromatic heterocycles. The molecule has 0 amide bonds. The zero-order valence-corrected chi connectivity index (χ0v) is 12.6. The van der Waals surface area contributed by atoms with E-state index in [0.29, 0.717) is 34.9 Å². The second-order valence-corrected chi connectivity index (χ2v) is 4.73. The van der Waals surface area contributed by atoms with E-state index in [2.05, 4.69) is 15.4 Å². The third kappa shape index (κ3) is 4.29. The highest BCUT2D eigenvalue weighted by Gasteiger charge is 2.09. The molecule has 3 N–H and O–H groups in total. The number of hydrogen-bond acceptors (Lipinski definition) is 6. The first-order valence-corrected chi connectivity index (χ1v) is 6.86. The van der Waals surface area contributed by atoms with Crippen molar-refractivity contribution in [1.82, 2.24) is 9.97 Å². The van der Waals surface area contributed by atoms with E-state index in [9.17, 15) is 0 Å². The van der Waals surface area contributed by atoms with E-state index in [1.165, 1.54) is 0 Å². The number of aryl methyl sites for hydroxylation is 1. The molecule has 0 unspecified atom stereocenters. The van der Waals surface area contributed by atoms with Gasteiger partial charge in [-0.05, 0) is 31.5 Å². The lowest BCUT2D eigenvalue weighted by Crippen LogP contribution is -2.11. The monoisotopic (exact) mass is 308 g/mol. The van der Waals surface area contributed by atoms with Crippen molar-refractivity contribution < 1.29 is 9.47 Å². The maximum Gasteiger partial charge on any atom is 0.224 e. The van der Waals surface area contributed by atoms with Gasteiger partial charge in [0.05, 0.1) is 5.02 Å². The second kappa shape index (κ2) is 7.21. The Morgan fingerprint density at radius 1 is 1.29 bits per heavy atom. The minimum Gasteiger partial charge on any atom is -0.437 e. The van der Waals surface area contributed by atoms with Crippen molar-refractivity contribution in [2.75, 3.05) is 12.0 Å². The predicted octanol–water partition coefficient (Wildman–Crippen LogP) is 3.05. The Morgan fingerprint density at radius 2 is 2.10 bits per heavy atom. The van der Waals surface area contributed by atoms with Gasteiger partial charge in [-0.25, -0.2) is 10.8 Å². The van der Waals surface area contributed by atoms with Gasteiger partial charge in [-0.15, -0.1) is 0 Å². The van der Waals surface area contributed by atoms with Crippen LogP contribution in [0.1, 0.15) is 18.3 Å². The third-order valence-corrected chi connectivity index (χ3v) is 2.93. The van der Waals surface area contributed by atoms with E-state index >= 15 is 0 Å². The molecule has 2 rings (SSSR count). The van der Waals surface area contributed by atoms with Gasteiger partial charge in [0, 0.05) is 12.7 Å². The van der Waals surface area contributed by atoms with E-state index in [4.69, 9.17) is 26.9 Å². The smallest absolute Gasteiger partial charge is 0.224 e. The molecule has 0 saturated heterocycles. The van der Waals surface area contributed by atoms with Crippen LogP contribution in [0.25, 0.3) is 0 Å². The van der Waals surface area contributed by atoms with Crippen LogP contribution in [-0.4, -0.2) is 16.6 Å². The number of ether oxygens (including phenoxy) is 2. The Morgan fingerprint density at radius 3 is 2.76 bits per heavy atom. The lowest BCUT2D eigenvalue weighted by molar-refractivity contribution is 0.128. The molecule has 0 spiro atoms. The molecule has 112 valence electrons. The minimum atomic E-state index is 0.282. The molecule has 0 saturated carbocycles. The maximum atomic E-state index is 6.14. The van der Waals surface area contributed by atoms with Gasteiger partial charge in [-0.2, -0.15) is 4.98 Å². The molecule has 0 bridgehead atoms. The van der Waals surface area contributed by atoms with Gasteiger partial charge in [-0.3, -0.25) is 0 Å². The average molecular weight is 309 g/mol. The van der Waals surface area contributed by atoms with Crippen molar-refractivity contribution in [3.8, 4) is 11.6 Å². The fourth-order valence-corrected chi connectivity index (χ4v) is 1.93. The van der Waals surface area contributed by atoms with Crippen LogP contribution < -0.4 is 16.0 Å². The number of rotatable bonds is 6. The summed E-state index contributed by atoms with van der Waals surface area (Å²) in [6, 6.07) is 7.11. The molecular formula is C14H17ClN4O2. The van der Waals surface area contributed by atoms with Crippen molar-refractivity contribution in [3.05, 3.63) is 40.7 Å². The standard InChI is InChI=1S/C14H17ClN4O2/c1-3-20-8-13-17-12(19-16)7-14(18-13)21-11-5-4-9(2)6-10(11)15/h4-7H,3,8,16H2,1-2H3,(H,17,18,19).